The molecule has 0 saturated heterocycles. The molecule has 4 rings (SSSR count). The lowest BCUT2D eigenvalue weighted by Crippen LogP contribution is -2.33. The Kier molecular flexibility index (Phi) is 12.5. The van der Waals surface area contributed by atoms with Crippen molar-refractivity contribution in [3.8, 4) is 0 Å². The van der Waals surface area contributed by atoms with Crippen molar-refractivity contribution in [2.75, 3.05) is 6.61 Å². The van der Waals surface area contributed by atoms with Gasteiger partial charge in [0.1, 0.15) is 12.7 Å². The van der Waals surface area contributed by atoms with Crippen molar-refractivity contribution < 1.29 is 19.1 Å². The number of carbonyl (C=O) groups is 2. The van der Waals surface area contributed by atoms with Crippen LogP contribution in [0.2, 0.25) is 0 Å². The fourth-order valence-electron chi connectivity index (χ4n) is 3.87. The molecule has 2 atom stereocenters. The summed E-state index contributed by atoms with van der Waals surface area (Å²) in [7, 11) is 0. The maximum absolute atomic E-state index is 13.1. The first kappa shape index (κ1) is 30.2. The monoisotopic (exact) mass is 682 g/mol. The summed E-state index contributed by atoms with van der Waals surface area (Å²) in [5.74, 6) is 0.939. The van der Waals surface area contributed by atoms with E-state index in [2.05, 4.69) is 71.1 Å². The number of hydrogen-bond acceptors (Lipinski definition) is 6. The van der Waals surface area contributed by atoms with E-state index >= 15 is 0 Å². The van der Waals surface area contributed by atoms with Crippen LogP contribution in [0.1, 0.15) is 38.3 Å². The number of thioether (sulfide) groups is 2. The van der Waals surface area contributed by atoms with Gasteiger partial charge in [0.2, 0.25) is 0 Å². The van der Waals surface area contributed by atoms with Gasteiger partial charge in [-0.15, -0.1) is 23.5 Å². The molecule has 0 radical (unpaired) electrons. The number of halogens is 1. The second-order valence-electron chi connectivity index (χ2n) is 9.05. The SMILES string of the molecule is O=C(OC[C@@H](I)[C@H](CC(SCc1ccccc1)SCc1ccccc1)OC(=O)c1ccccc1)c1ccccc1. The molecule has 0 N–H and O–H groups in total. The van der Waals surface area contributed by atoms with Gasteiger partial charge in [0.05, 0.1) is 19.6 Å². The summed E-state index contributed by atoms with van der Waals surface area (Å²) in [4.78, 5) is 25.7. The van der Waals surface area contributed by atoms with Crippen LogP contribution in [0.3, 0.4) is 0 Å². The van der Waals surface area contributed by atoms with Gasteiger partial charge in [0.15, 0.2) is 0 Å². The van der Waals surface area contributed by atoms with E-state index in [4.69, 9.17) is 9.47 Å². The highest BCUT2D eigenvalue weighted by Crippen LogP contribution is 2.35. The number of esters is 2. The van der Waals surface area contributed by atoms with Crippen molar-refractivity contribution in [3.05, 3.63) is 144 Å². The summed E-state index contributed by atoms with van der Waals surface area (Å²) in [6.45, 7) is 0.139. The summed E-state index contributed by atoms with van der Waals surface area (Å²) >= 11 is 5.94. The van der Waals surface area contributed by atoms with E-state index in [-0.39, 0.29) is 27.1 Å². The van der Waals surface area contributed by atoms with Crippen molar-refractivity contribution in [1.82, 2.24) is 0 Å². The minimum absolute atomic E-state index is 0.139. The average molecular weight is 683 g/mol. The fourth-order valence-corrected chi connectivity index (χ4v) is 7.08. The molecule has 0 unspecified atom stereocenters. The lowest BCUT2D eigenvalue weighted by atomic mass is 10.2. The highest BCUT2D eigenvalue weighted by atomic mass is 127. The van der Waals surface area contributed by atoms with E-state index < -0.39 is 6.10 Å². The van der Waals surface area contributed by atoms with Gasteiger partial charge in [0.25, 0.3) is 0 Å². The molecule has 206 valence electrons. The van der Waals surface area contributed by atoms with Crippen LogP contribution in [-0.4, -0.2) is 33.2 Å². The third-order valence-corrected chi connectivity index (χ3v) is 10.1. The molecule has 0 amide bonds. The van der Waals surface area contributed by atoms with Crippen molar-refractivity contribution >= 4 is 58.1 Å². The zero-order chi connectivity index (χ0) is 28.0. The van der Waals surface area contributed by atoms with Crippen LogP contribution >= 0.6 is 46.1 Å². The lowest BCUT2D eigenvalue weighted by molar-refractivity contribution is 0.0214. The van der Waals surface area contributed by atoms with Crippen molar-refractivity contribution in [2.24, 2.45) is 0 Å². The van der Waals surface area contributed by atoms with Gasteiger partial charge in [0, 0.05) is 17.9 Å². The molecule has 40 heavy (non-hydrogen) atoms. The van der Waals surface area contributed by atoms with E-state index in [1.165, 1.54) is 11.1 Å². The van der Waals surface area contributed by atoms with Crippen LogP contribution < -0.4 is 0 Å². The van der Waals surface area contributed by atoms with Crippen LogP contribution in [0.5, 0.6) is 0 Å². The van der Waals surface area contributed by atoms with Crippen LogP contribution in [0.15, 0.2) is 121 Å². The van der Waals surface area contributed by atoms with Gasteiger partial charge in [-0.2, -0.15) is 0 Å². The molecule has 4 aromatic rings. The minimum Gasteiger partial charge on any atom is -0.461 e. The van der Waals surface area contributed by atoms with Crippen molar-refractivity contribution in [1.29, 1.82) is 0 Å². The summed E-state index contributed by atoms with van der Waals surface area (Å²) in [6.07, 6.45) is 0.165. The van der Waals surface area contributed by atoms with Gasteiger partial charge in [-0.05, 0) is 35.4 Å². The Labute approximate surface area is 258 Å². The third-order valence-electron chi connectivity index (χ3n) is 6.04. The molecule has 0 spiro atoms. The third kappa shape index (κ3) is 10.0. The molecule has 0 fully saturated rings. The molecule has 0 aliphatic rings. The zero-order valence-corrected chi connectivity index (χ0v) is 25.7. The number of ether oxygens (including phenoxy) is 2. The summed E-state index contributed by atoms with van der Waals surface area (Å²) < 4.78 is 11.7. The molecule has 4 nitrogen and oxygen atoms in total. The highest BCUT2D eigenvalue weighted by molar-refractivity contribution is 14.1. The lowest BCUT2D eigenvalue weighted by Gasteiger charge is -2.27. The summed E-state index contributed by atoms with van der Waals surface area (Å²) in [5, 5.41) is 0. The van der Waals surface area contributed by atoms with Crippen molar-refractivity contribution in [3.63, 3.8) is 0 Å². The molecule has 0 saturated carbocycles. The maximum atomic E-state index is 13.1. The molecule has 0 aromatic heterocycles. The standard InChI is InChI=1S/C33H31IO4S2/c34-29(22-37-32(35)27-17-9-3-10-18-27)30(38-33(36)28-19-11-4-12-20-28)21-31(39-23-25-13-5-1-6-14-25)40-24-26-15-7-2-8-16-26/h1-20,29-31H,21-24H2/t29-,30+/m1/s1. The molecule has 0 bridgehead atoms. The van der Waals surface area contributed by atoms with Gasteiger partial charge < -0.3 is 9.47 Å². The number of alkyl halides is 1. The first-order chi connectivity index (χ1) is 19.6. The predicted molar refractivity (Wildman–Crippen MR) is 174 cm³/mol. The smallest absolute Gasteiger partial charge is 0.338 e. The Balaban J connectivity index is 1.48. The Bertz CT molecular complexity index is 1260. The zero-order valence-electron chi connectivity index (χ0n) is 21.9. The van der Waals surface area contributed by atoms with E-state index in [9.17, 15) is 9.59 Å². The number of carbonyl (C=O) groups excluding carboxylic acids is 2. The molecule has 4 aromatic carbocycles. The van der Waals surface area contributed by atoms with E-state index in [0.29, 0.717) is 17.5 Å². The minimum atomic E-state index is -0.451. The summed E-state index contributed by atoms with van der Waals surface area (Å²) in [6, 6.07) is 38.7. The van der Waals surface area contributed by atoms with Gasteiger partial charge in [-0.3, -0.25) is 0 Å². The fraction of sp³-hybridized carbons (Fsp3) is 0.212. The molecule has 0 aliphatic carbocycles. The Hall–Kier alpha value is -2.75. The average Bonchev–Trinajstić information content (AvgIpc) is 3.02. The molecular weight excluding hydrogens is 651 g/mol. The predicted octanol–water partition coefficient (Wildman–Crippen LogP) is 8.46. The first-order valence-electron chi connectivity index (χ1n) is 13.0. The van der Waals surface area contributed by atoms with Gasteiger partial charge >= 0.3 is 11.9 Å². The van der Waals surface area contributed by atoms with E-state index in [1.54, 1.807) is 36.4 Å². The highest BCUT2D eigenvalue weighted by Gasteiger charge is 2.29. The molecule has 0 heterocycles. The van der Waals surface area contributed by atoms with Gasteiger partial charge in [-0.25, -0.2) is 9.59 Å². The van der Waals surface area contributed by atoms with Crippen LogP contribution in [0, 0.1) is 0 Å². The quantitative estimate of drug-likeness (QED) is 0.0576. The Morgan fingerprint density at radius 2 is 1.05 bits per heavy atom. The van der Waals surface area contributed by atoms with E-state index in [0.717, 1.165) is 11.5 Å². The van der Waals surface area contributed by atoms with Gasteiger partial charge in [-0.1, -0.05) is 120 Å². The summed E-state index contributed by atoms with van der Waals surface area (Å²) in [5.41, 5.74) is 3.50. The number of hydrogen-bond donors (Lipinski definition) is 0. The second-order valence-corrected chi connectivity index (χ2v) is 13.3. The number of benzene rings is 4. The second kappa shape index (κ2) is 16.5. The first-order valence-corrected chi connectivity index (χ1v) is 16.4. The molecule has 7 heteroatoms. The van der Waals surface area contributed by atoms with Crippen LogP contribution in [-0.2, 0) is 21.0 Å². The molecular formula is C33H31IO4S2. The maximum Gasteiger partial charge on any atom is 0.338 e. The topological polar surface area (TPSA) is 52.6 Å². The number of rotatable bonds is 14. The van der Waals surface area contributed by atoms with E-state index in [1.807, 2.05) is 59.9 Å². The normalized spacial score (nSPS) is 12.4. The largest absolute Gasteiger partial charge is 0.461 e. The van der Waals surface area contributed by atoms with Crippen molar-refractivity contribution in [2.45, 2.75) is 32.5 Å². The van der Waals surface area contributed by atoms with Crippen LogP contribution in [0.4, 0.5) is 0 Å². The molecule has 0 aliphatic heterocycles. The Morgan fingerprint density at radius 1 is 0.625 bits per heavy atom. The van der Waals surface area contributed by atoms with Crippen LogP contribution in [0.25, 0.3) is 0 Å². The Morgan fingerprint density at radius 3 is 1.52 bits per heavy atom.